The molecule has 1 aliphatic rings. The normalized spacial score (nSPS) is 17.2. The predicted octanol–water partition coefficient (Wildman–Crippen LogP) is 2.61. The summed E-state index contributed by atoms with van der Waals surface area (Å²) in [6, 6.07) is 9.43. The van der Waals surface area contributed by atoms with E-state index in [1.165, 1.54) is 0 Å². The number of nitrogens with zero attached hydrogens (tertiary/aromatic N) is 1. The minimum atomic E-state index is -1.26. The molecule has 2 rings (SSSR count). The average Bonchev–Trinajstić information content (AvgIpc) is 2.79. The van der Waals surface area contributed by atoms with Crippen LogP contribution >= 0.6 is 0 Å². The summed E-state index contributed by atoms with van der Waals surface area (Å²) in [5.74, 6) is 0.369. The molecule has 17 heavy (non-hydrogen) atoms. The van der Waals surface area contributed by atoms with Crippen LogP contribution < -0.4 is 0 Å². The van der Waals surface area contributed by atoms with Crippen molar-refractivity contribution in [3.63, 3.8) is 0 Å². The average molecular weight is 251 g/mol. The lowest BCUT2D eigenvalue weighted by Crippen LogP contribution is -2.04. The summed E-state index contributed by atoms with van der Waals surface area (Å²) in [6.45, 7) is 0. The molecule has 1 unspecified atom stereocenters. The number of hydrogen-bond donors (Lipinski definition) is 0. The molecule has 1 aliphatic carbocycles. The Balaban J connectivity index is 2.16. The zero-order valence-electron chi connectivity index (χ0n) is 9.30. The van der Waals surface area contributed by atoms with Crippen molar-refractivity contribution in [1.82, 2.24) is 0 Å². The molecule has 0 saturated carbocycles. The molecule has 0 bridgehead atoms. The maximum atomic E-state index is 12.1. The fraction of sp³-hybridized carbons (Fsp3) is 0.333. The Morgan fingerprint density at radius 3 is 2.59 bits per heavy atom. The summed E-state index contributed by atoms with van der Waals surface area (Å²) < 4.78 is 12.1. The van der Waals surface area contributed by atoms with E-state index in [9.17, 15) is 14.3 Å². The highest BCUT2D eigenvalue weighted by molar-refractivity contribution is 7.88. The first-order chi connectivity index (χ1) is 8.18. The van der Waals surface area contributed by atoms with Gasteiger partial charge in [0.2, 0.25) is 0 Å². The van der Waals surface area contributed by atoms with E-state index in [1.807, 2.05) is 30.3 Å². The Morgan fingerprint density at radius 1 is 1.24 bits per heavy atom. The van der Waals surface area contributed by atoms with Crippen molar-refractivity contribution in [3.05, 3.63) is 56.6 Å². The largest absolute Gasteiger partial charge is 0.259 e. The van der Waals surface area contributed by atoms with E-state index in [4.69, 9.17) is 0 Å². The second kappa shape index (κ2) is 5.23. The second-order valence-electron chi connectivity index (χ2n) is 3.96. The Labute approximate surface area is 102 Å². The van der Waals surface area contributed by atoms with E-state index in [2.05, 4.69) is 0 Å². The van der Waals surface area contributed by atoms with E-state index in [1.54, 1.807) is 0 Å². The Hall–Kier alpha value is -1.49. The third-order valence-electron chi connectivity index (χ3n) is 2.78. The van der Waals surface area contributed by atoms with Crippen LogP contribution in [-0.2, 0) is 16.6 Å². The summed E-state index contributed by atoms with van der Waals surface area (Å²) in [5, 5.41) is 10.8. The molecule has 0 radical (unpaired) electrons. The van der Waals surface area contributed by atoms with E-state index in [-0.39, 0.29) is 10.6 Å². The van der Waals surface area contributed by atoms with Gasteiger partial charge in [-0.15, -0.1) is 0 Å². The van der Waals surface area contributed by atoms with Crippen LogP contribution in [0, 0.1) is 10.1 Å². The minimum absolute atomic E-state index is 0.166. The molecule has 0 aromatic heterocycles. The minimum Gasteiger partial charge on any atom is -0.259 e. The Bertz CT molecular complexity index is 482. The molecular formula is C12H13NO3S. The molecule has 0 amide bonds. The van der Waals surface area contributed by atoms with E-state index >= 15 is 0 Å². The fourth-order valence-corrected chi connectivity index (χ4v) is 3.43. The molecule has 0 aliphatic heterocycles. The van der Waals surface area contributed by atoms with Gasteiger partial charge in [-0.2, -0.15) is 0 Å². The molecule has 0 N–H and O–H groups in total. The van der Waals surface area contributed by atoms with Crippen LogP contribution in [0.15, 0.2) is 40.9 Å². The lowest BCUT2D eigenvalue weighted by molar-refractivity contribution is -0.427. The van der Waals surface area contributed by atoms with Crippen LogP contribution in [0.4, 0.5) is 0 Å². The third-order valence-corrected chi connectivity index (χ3v) is 4.36. The van der Waals surface area contributed by atoms with Gasteiger partial charge in [0.05, 0.1) is 26.4 Å². The number of nitro groups is 1. The smallest absolute Gasteiger partial charge is 0.258 e. The number of allylic oxidation sites excluding steroid dienone is 2. The van der Waals surface area contributed by atoms with Crippen molar-refractivity contribution in [2.75, 3.05) is 0 Å². The van der Waals surface area contributed by atoms with Crippen molar-refractivity contribution in [1.29, 1.82) is 0 Å². The second-order valence-corrected chi connectivity index (χ2v) is 5.43. The first kappa shape index (κ1) is 12.0. The molecule has 0 spiro atoms. The van der Waals surface area contributed by atoms with Crippen LogP contribution in [0.3, 0.4) is 0 Å². The summed E-state index contributed by atoms with van der Waals surface area (Å²) in [4.78, 5) is 10.9. The number of rotatable bonds is 4. The predicted molar refractivity (Wildman–Crippen MR) is 66.2 cm³/mol. The van der Waals surface area contributed by atoms with Crippen molar-refractivity contribution in [3.8, 4) is 0 Å². The lowest BCUT2D eigenvalue weighted by atomic mass is 10.2. The number of hydrogen-bond acceptors (Lipinski definition) is 3. The highest BCUT2D eigenvalue weighted by Gasteiger charge is 2.28. The van der Waals surface area contributed by atoms with Crippen LogP contribution in [0.2, 0.25) is 0 Å². The van der Waals surface area contributed by atoms with Gasteiger partial charge in [0.15, 0.2) is 0 Å². The van der Waals surface area contributed by atoms with Crippen LogP contribution in [0.25, 0.3) is 0 Å². The molecule has 0 fully saturated rings. The Kier molecular flexibility index (Phi) is 3.68. The first-order valence-electron chi connectivity index (χ1n) is 5.47. The fourth-order valence-electron chi connectivity index (χ4n) is 1.95. The van der Waals surface area contributed by atoms with Gasteiger partial charge in [0, 0.05) is 6.42 Å². The molecule has 1 aromatic rings. The van der Waals surface area contributed by atoms with E-state index in [0.717, 1.165) is 12.0 Å². The summed E-state index contributed by atoms with van der Waals surface area (Å²) in [6.07, 6.45) is 1.78. The molecule has 1 atom stereocenters. The van der Waals surface area contributed by atoms with Gasteiger partial charge in [-0.1, -0.05) is 30.3 Å². The van der Waals surface area contributed by atoms with Crippen molar-refractivity contribution in [2.24, 2.45) is 0 Å². The van der Waals surface area contributed by atoms with Gasteiger partial charge >= 0.3 is 0 Å². The quantitative estimate of drug-likeness (QED) is 0.610. The first-order valence-corrected chi connectivity index (χ1v) is 6.79. The standard InChI is InChI=1S/C12H13NO3S/c14-13(15)11-7-4-8-12(11)17(16)9-10-5-2-1-3-6-10/h1-3,5-6H,4,7-9H2. The third kappa shape index (κ3) is 2.79. The molecule has 5 heteroatoms. The lowest BCUT2D eigenvalue weighted by Gasteiger charge is -2.02. The van der Waals surface area contributed by atoms with Crippen LogP contribution in [0.1, 0.15) is 24.8 Å². The zero-order chi connectivity index (χ0) is 12.3. The molecule has 90 valence electrons. The molecule has 4 nitrogen and oxygen atoms in total. The van der Waals surface area contributed by atoms with Gasteiger partial charge in [0.1, 0.15) is 0 Å². The van der Waals surface area contributed by atoms with Crippen LogP contribution in [0.5, 0.6) is 0 Å². The van der Waals surface area contributed by atoms with Gasteiger partial charge in [-0.25, -0.2) is 0 Å². The van der Waals surface area contributed by atoms with E-state index in [0.29, 0.717) is 23.5 Å². The Morgan fingerprint density at radius 2 is 1.94 bits per heavy atom. The molecule has 1 aromatic carbocycles. The van der Waals surface area contributed by atoms with Crippen molar-refractivity contribution >= 4 is 10.8 Å². The zero-order valence-corrected chi connectivity index (χ0v) is 10.1. The van der Waals surface area contributed by atoms with Gasteiger partial charge < -0.3 is 0 Å². The van der Waals surface area contributed by atoms with Crippen LogP contribution in [-0.4, -0.2) is 9.13 Å². The maximum absolute atomic E-state index is 12.1. The molecular weight excluding hydrogens is 238 g/mol. The van der Waals surface area contributed by atoms with Gasteiger partial charge in [0.25, 0.3) is 5.70 Å². The maximum Gasteiger partial charge on any atom is 0.258 e. The summed E-state index contributed by atoms with van der Waals surface area (Å²) in [5.41, 5.74) is 1.12. The van der Waals surface area contributed by atoms with Gasteiger partial charge in [-0.05, 0) is 18.4 Å². The molecule has 0 heterocycles. The summed E-state index contributed by atoms with van der Waals surface area (Å²) >= 11 is 0. The number of benzene rings is 1. The highest BCUT2D eigenvalue weighted by atomic mass is 32.2. The summed E-state index contributed by atoms with van der Waals surface area (Å²) in [7, 11) is -1.26. The molecule has 0 saturated heterocycles. The SMILES string of the molecule is O=[N+]([O-])C1=C(S(=O)Cc2ccccc2)CCC1. The monoisotopic (exact) mass is 251 g/mol. The van der Waals surface area contributed by atoms with Gasteiger partial charge in [-0.3, -0.25) is 14.3 Å². The van der Waals surface area contributed by atoms with Crippen molar-refractivity contribution in [2.45, 2.75) is 25.0 Å². The van der Waals surface area contributed by atoms with E-state index < -0.39 is 10.8 Å². The van der Waals surface area contributed by atoms with Crippen molar-refractivity contribution < 1.29 is 9.13 Å². The highest BCUT2D eigenvalue weighted by Crippen LogP contribution is 2.29. The topological polar surface area (TPSA) is 60.2 Å².